The van der Waals surface area contributed by atoms with Crippen molar-refractivity contribution in [1.29, 1.82) is 0 Å². The predicted octanol–water partition coefficient (Wildman–Crippen LogP) is 3.57. The Bertz CT molecular complexity index is 518. The second-order valence-corrected chi connectivity index (χ2v) is 6.04. The van der Waals surface area contributed by atoms with Crippen molar-refractivity contribution in [2.45, 2.75) is 57.8 Å². The van der Waals surface area contributed by atoms with Crippen molar-refractivity contribution in [3.63, 3.8) is 0 Å². The Morgan fingerprint density at radius 2 is 1.61 bits per heavy atom. The molecule has 1 rings (SSSR count). The van der Waals surface area contributed by atoms with Crippen LogP contribution >= 0.6 is 0 Å². The van der Waals surface area contributed by atoms with Gasteiger partial charge >= 0.3 is 0 Å². The van der Waals surface area contributed by atoms with E-state index in [1.54, 1.807) is 6.07 Å². The lowest BCUT2D eigenvalue weighted by atomic mass is 9.92. The highest BCUT2D eigenvalue weighted by molar-refractivity contribution is 7.85. The minimum Gasteiger partial charge on any atom is -0.282 e. The Kier molecular flexibility index (Phi) is 4.93. The fraction of sp³-hybridized carbons (Fsp3) is 0.571. The molecule has 0 aliphatic heterocycles. The van der Waals surface area contributed by atoms with Crippen LogP contribution in [0, 0.1) is 0 Å². The molecule has 0 heterocycles. The largest absolute Gasteiger partial charge is 0.294 e. The molecule has 18 heavy (non-hydrogen) atoms. The average Bonchev–Trinajstić information content (AvgIpc) is 2.34. The Labute approximate surface area is 110 Å². The van der Waals surface area contributed by atoms with Crippen LogP contribution in [0.5, 0.6) is 0 Å². The Hall–Kier alpha value is -0.870. The van der Waals surface area contributed by atoms with E-state index in [1.165, 1.54) is 5.56 Å². The first-order valence-electron chi connectivity index (χ1n) is 6.48. The van der Waals surface area contributed by atoms with Crippen molar-refractivity contribution < 1.29 is 13.0 Å². The number of hydrogen-bond donors (Lipinski definition) is 1. The minimum absolute atomic E-state index is 0.0749. The second kappa shape index (κ2) is 5.85. The predicted molar refractivity (Wildman–Crippen MR) is 73.7 cm³/mol. The summed E-state index contributed by atoms with van der Waals surface area (Å²) in [5, 5.41) is 0. The fourth-order valence-electron chi connectivity index (χ4n) is 2.17. The van der Waals surface area contributed by atoms with E-state index in [1.807, 2.05) is 26.8 Å². The van der Waals surface area contributed by atoms with Gasteiger partial charge in [-0.2, -0.15) is 8.42 Å². The molecule has 1 aromatic carbocycles. The molecule has 0 saturated heterocycles. The molecule has 0 amide bonds. The van der Waals surface area contributed by atoms with Crippen molar-refractivity contribution in [3.05, 3.63) is 28.8 Å². The van der Waals surface area contributed by atoms with Crippen molar-refractivity contribution in [1.82, 2.24) is 0 Å². The zero-order valence-corrected chi connectivity index (χ0v) is 12.3. The standard InChI is InChI=1S/C14H22O3S/c1-5-10(4)13-8-11(6-2)12(7-3)9-14(13)18(15,16)17/h8-10H,5-7H2,1-4H3,(H,15,16,17). The van der Waals surface area contributed by atoms with Gasteiger partial charge in [0.05, 0.1) is 4.90 Å². The monoisotopic (exact) mass is 270 g/mol. The van der Waals surface area contributed by atoms with Crippen LogP contribution in [0.2, 0.25) is 0 Å². The molecule has 102 valence electrons. The smallest absolute Gasteiger partial charge is 0.282 e. The molecular weight excluding hydrogens is 248 g/mol. The lowest BCUT2D eigenvalue weighted by Crippen LogP contribution is -2.08. The van der Waals surface area contributed by atoms with Gasteiger partial charge in [-0.3, -0.25) is 4.55 Å². The molecule has 0 spiro atoms. The first kappa shape index (κ1) is 15.2. The van der Waals surface area contributed by atoms with Gasteiger partial charge in [0.15, 0.2) is 0 Å². The van der Waals surface area contributed by atoms with Crippen LogP contribution in [0.1, 0.15) is 56.7 Å². The number of hydrogen-bond acceptors (Lipinski definition) is 2. The molecular formula is C14H22O3S. The lowest BCUT2D eigenvalue weighted by molar-refractivity contribution is 0.480. The quantitative estimate of drug-likeness (QED) is 0.832. The summed E-state index contributed by atoms with van der Waals surface area (Å²) in [5.74, 6) is 0.123. The van der Waals surface area contributed by atoms with E-state index >= 15 is 0 Å². The topological polar surface area (TPSA) is 54.4 Å². The Morgan fingerprint density at radius 1 is 1.11 bits per heavy atom. The third-order valence-corrected chi connectivity index (χ3v) is 4.42. The van der Waals surface area contributed by atoms with Crippen LogP contribution in [0.25, 0.3) is 0 Å². The summed E-state index contributed by atoms with van der Waals surface area (Å²) < 4.78 is 32.4. The molecule has 0 saturated carbocycles. The third kappa shape index (κ3) is 3.12. The van der Waals surface area contributed by atoms with Crippen LogP contribution < -0.4 is 0 Å². The van der Waals surface area contributed by atoms with Gasteiger partial charge in [-0.25, -0.2) is 0 Å². The Morgan fingerprint density at radius 3 is 2.00 bits per heavy atom. The molecule has 0 fully saturated rings. The minimum atomic E-state index is -4.15. The van der Waals surface area contributed by atoms with Crippen LogP contribution in [0.15, 0.2) is 17.0 Å². The number of aryl methyl sites for hydroxylation is 2. The van der Waals surface area contributed by atoms with E-state index in [0.717, 1.165) is 30.4 Å². The van der Waals surface area contributed by atoms with E-state index in [0.29, 0.717) is 0 Å². The second-order valence-electron chi connectivity index (χ2n) is 4.65. The van der Waals surface area contributed by atoms with Crippen molar-refractivity contribution in [2.24, 2.45) is 0 Å². The normalized spacial score (nSPS) is 13.6. The summed E-state index contributed by atoms with van der Waals surface area (Å²) in [4.78, 5) is 0.0749. The van der Waals surface area contributed by atoms with Gasteiger partial charge in [-0.1, -0.05) is 33.8 Å². The number of rotatable bonds is 5. The molecule has 1 N–H and O–H groups in total. The van der Waals surface area contributed by atoms with Crippen molar-refractivity contribution >= 4 is 10.1 Å². The zero-order chi connectivity index (χ0) is 13.9. The van der Waals surface area contributed by atoms with Gasteiger partial charge in [0.25, 0.3) is 10.1 Å². The van der Waals surface area contributed by atoms with Gasteiger partial charge < -0.3 is 0 Å². The molecule has 0 aliphatic carbocycles. The van der Waals surface area contributed by atoms with Crippen LogP contribution in [-0.4, -0.2) is 13.0 Å². The first-order valence-corrected chi connectivity index (χ1v) is 7.92. The van der Waals surface area contributed by atoms with Crippen molar-refractivity contribution in [3.8, 4) is 0 Å². The summed E-state index contributed by atoms with van der Waals surface area (Å²) in [5.41, 5.74) is 2.89. The van der Waals surface area contributed by atoms with Gasteiger partial charge in [-0.05, 0) is 47.9 Å². The summed E-state index contributed by atoms with van der Waals surface area (Å²) in [6, 6.07) is 3.58. The zero-order valence-electron chi connectivity index (χ0n) is 11.5. The summed E-state index contributed by atoms with van der Waals surface area (Å²) in [6.07, 6.45) is 2.49. The van der Waals surface area contributed by atoms with E-state index in [-0.39, 0.29) is 10.8 Å². The van der Waals surface area contributed by atoms with E-state index in [9.17, 15) is 13.0 Å². The first-order chi connectivity index (χ1) is 8.35. The van der Waals surface area contributed by atoms with Gasteiger partial charge in [-0.15, -0.1) is 0 Å². The van der Waals surface area contributed by atoms with Crippen LogP contribution in [0.3, 0.4) is 0 Å². The van der Waals surface area contributed by atoms with Crippen LogP contribution in [-0.2, 0) is 23.0 Å². The molecule has 0 aliphatic rings. The highest BCUT2D eigenvalue weighted by Gasteiger charge is 2.20. The van der Waals surface area contributed by atoms with Gasteiger partial charge in [0.2, 0.25) is 0 Å². The van der Waals surface area contributed by atoms with Crippen LogP contribution in [0.4, 0.5) is 0 Å². The molecule has 3 nitrogen and oxygen atoms in total. The maximum atomic E-state index is 11.5. The average molecular weight is 270 g/mol. The maximum Gasteiger partial charge on any atom is 0.294 e. The summed E-state index contributed by atoms with van der Waals surface area (Å²) >= 11 is 0. The maximum absolute atomic E-state index is 11.5. The van der Waals surface area contributed by atoms with E-state index in [2.05, 4.69) is 6.92 Å². The lowest BCUT2D eigenvalue weighted by Gasteiger charge is -2.17. The molecule has 0 bridgehead atoms. The summed E-state index contributed by atoms with van der Waals surface area (Å²) in [6.45, 7) is 8.04. The molecule has 1 aromatic rings. The Balaban J connectivity index is 3.56. The molecule has 1 atom stereocenters. The summed E-state index contributed by atoms with van der Waals surface area (Å²) in [7, 11) is -4.15. The van der Waals surface area contributed by atoms with Gasteiger partial charge in [0, 0.05) is 0 Å². The SMILES string of the molecule is CCc1cc(C(C)CC)c(S(=O)(=O)O)cc1CC. The third-order valence-electron chi connectivity index (χ3n) is 3.52. The molecule has 1 unspecified atom stereocenters. The number of benzene rings is 1. The molecule has 0 aromatic heterocycles. The highest BCUT2D eigenvalue weighted by atomic mass is 32.2. The molecule has 4 heteroatoms. The van der Waals surface area contributed by atoms with E-state index in [4.69, 9.17) is 0 Å². The molecule has 0 radical (unpaired) electrons. The fourth-order valence-corrected chi connectivity index (χ4v) is 3.02. The van der Waals surface area contributed by atoms with Gasteiger partial charge in [0.1, 0.15) is 0 Å². The van der Waals surface area contributed by atoms with E-state index < -0.39 is 10.1 Å². The van der Waals surface area contributed by atoms with Crippen molar-refractivity contribution in [2.75, 3.05) is 0 Å². The highest BCUT2D eigenvalue weighted by Crippen LogP contribution is 2.30.